The van der Waals surface area contributed by atoms with Crippen LogP contribution in [-0.4, -0.2) is 5.78 Å². The van der Waals surface area contributed by atoms with Crippen LogP contribution >= 0.6 is 0 Å². The van der Waals surface area contributed by atoms with E-state index >= 15 is 0 Å². The monoisotopic (exact) mass is 177 g/mol. The lowest BCUT2D eigenvalue weighted by molar-refractivity contribution is -0.117. The molecule has 0 saturated heterocycles. The van der Waals surface area contributed by atoms with Gasteiger partial charge in [0.1, 0.15) is 11.7 Å². The molecule has 3 heteroatoms. The van der Waals surface area contributed by atoms with Crippen molar-refractivity contribution in [2.75, 3.05) is 0 Å². The molecular formula is C10H8FNO. The van der Waals surface area contributed by atoms with E-state index in [1.54, 1.807) is 0 Å². The summed E-state index contributed by atoms with van der Waals surface area (Å²) in [6, 6.07) is 7.24. The predicted octanol–water partition coefficient (Wildman–Crippen LogP) is 2.02. The quantitative estimate of drug-likeness (QED) is 0.693. The first-order chi connectivity index (χ1) is 6.15. The van der Waals surface area contributed by atoms with Gasteiger partial charge in [-0.15, -0.1) is 0 Å². The van der Waals surface area contributed by atoms with Crippen molar-refractivity contribution in [2.45, 2.75) is 12.8 Å². The molecule has 1 aromatic carbocycles. The van der Waals surface area contributed by atoms with E-state index in [4.69, 9.17) is 5.26 Å². The minimum Gasteiger partial charge on any atom is -0.298 e. The second-order valence-corrected chi connectivity index (χ2v) is 2.72. The second-order valence-electron chi connectivity index (χ2n) is 2.72. The lowest BCUT2D eigenvalue weighted by Crippen LogP contribution is -2.05. The number of ketones is 1. The Labute approximate surface area is 75.6 Å². The van der Waals surface area contributed by atoms with Gasteiger partial charge in [-0.25, -0.2) is 4.39 Å². The van der Waals surface area contributed by atoms with E-state index in [2.05, 4.69) is 0 Å². The summed E-state index contributed by atoms with van der Waals surface area (Å²) in [4.78, 5) is 10.9. The van der Waals surface area contributed by atoms with Crippen molar-refractivity contribution in [3.63, 3.8) is 0 Å². The summed E-state index contributed by atoms with van der Waals surface area (Å²) >= 11 is 0. The number of Topliss-reactive ketones (excluding diaryl/α,β-unsaturated/α-hetero) is 1. The summed E-state index contributed by atoms with van der Waals surface area (Å²) in [7, 11) is 0. The highest BCUT2D eigenvalue weighted by atomic mass is 19.1. The fourth-order valence-corrected chi connectivity index (χ4v) is 1.06. The van der Waals surface area contributed by atoms with Crippen molar-refractivity contribution in [2.24, 2.45) is 0 Å². The average Bonchev–Trinajstić information content (AvgIpc) is 2.09. The second kappa shape index (κ2) is 3.81. The van der Waals surface area contributed by atoms with Gasteiger partial charge < -0.3 is 0 Å². The minimum absolute atomic E-state index is 0.228. The van der Waals surface area contributed by atoms with Crippen molar-refractivity contribution in [3.8, 4) is 6.07 Å². The molecule has 0 unspecified atom stereocenters. The summed E-state index contributed by atoms with van der Waals surface area (Å²) in [6.07, 6.45) is 0. The molecule has 0 amide bonds. The Bertz CT molecular complexity index is 350. The molecule has 66 valence electrons. The molecule has 0 aliphatic carbocycles. The molecule has 0 radical (unpaired) electrons. The third kappa shape index (κ3) is 2.12. The van der Waals surface area contributed by atoms with E-state index in [1.807, 2.05) is 6.07 Å². The first-order valence-corrected chi connectivity index (χ1v) is 3.80. The maximum Gasteiger partial charge on any atom is 0.151 e. The molecule has 0 bridgehead atoms. The Balaban J connectivity index is 3.01. The van der Waals surface area contributed by atoms with Gasteiger partial charge in [-0.05, 0) is 24.6 Å². The highest BCUT2D eigenvalue weighted by molar-refractivity contribution is 5.86. The van der Waals surface area contributed by atoms with Crippen LogP contribution in [0.25, 0.3) is 0 Å². The van der Waals surface area contributed by atoms with E-state index < -0.39 is 5.92 Å². The molecule has 0 fully saturated rings. The molecule has 0 heterocycles. The molecule has 0 aliphatic heterocycles. The zero-order valence-electron chi connectivity index (χ0n) is 7.12. The van der Waals surface area contributed by atoms with Gasteiger partial charge in [0.05, 0.1) is 6.07 Å². The number of halogens is 1. The number of rotatable bonds is 2. The van der Waals surface area contributed by atoms with Crippen LogP contribution in [0.15, 0.2) is 24.3 Å². The van der Waals surface area contributed by atoms with Gasteiger partial charge >= 0.3 is 0 Å². The minimum atomic E-state index is -0.777. The first-order valence-electron chi connectivity index (χ1n) is 3.80. The molecule has 0 N–H and O–H groups in total. The number of nitriles is 1. The van der Waals surface area contributed by atoms with Gasteiger partial charge in [-0.2, -0.15) is 5.26 Å². The zero-order valence-corrected chi connectivity index (χ0v) is 7.12. The number of hydrogen-bond donors (Lipinski definition) is 0. The summed E-state index contributed by atoms with van der Waals surface area (Å²) in [5.41, 5.74) is 0.538. The van der Waals surface area contributed by atoms with Gasteiger partial charge in [-0.3, -0.25) is 4.79 Å². The molecule has 13 heavy (non-hydrogen) atoms. The SMILES string of the molecule is CC(=O)[C@@H](C#N)c1ccc(F)cc1. The highest BCUT2D eigenvalue weighted by Gasteiger charge is 2.14. The molecule has 1 aromatic rings. The summed E-state index contributed by atoms with van der Waals surface area (Å²) < 4.78 is 12.5. The van der Waals surface area contributed by atoms with Gasteiger partial charge in [0.2, 0.25) is 0 Å². The van der Waals surface area contributed by atoms with E-state index in [0.29, 0.717) is 5.56 Å². The molecular weight excluding hydrogens is 169 g/mol. The van der Waals surface area contributed by atoms with Crippen molar-refractivity contribution in [1.29, 1.82) is 5.26 Å². The lowest BCUT2D eigenvalue weighted by Gasteiger charge is -2.03. The summed E-state index contributed by atoms with van der Waals surface area (Å²) in [5.74, 6) is -1.38. The van der Waals surface area contributed by atoms with Crippen LogP contribution < -0.4 is 0 Å². The molecule has 0 saturated carbocycles. The Morgan fingerprint density at radius 2 is 2.00 bits per heavy atom. The Morgan fingerprint density at radius 1 is 1.46 bits per heavy atom. The number of benzene rings is 1. The van der Waals surface area contributed by atoms with Crippen molar-refractivity contribution in [3.05, 3.63) is 35.6 Å². The molecule has 1 rings (SSSR count). The Kier molecular flexibility index (Phi) is 2.76. The topological polar surface area (TPSA) is 40.9 Å². The molecule has 0 aliphatic rings. The number of carbonyl (C=O) groups is 1. The zero-order chi connectivity index (χ0) is 9.84. The molecule has 0 spiro atoms. The van der Waals surface area contributed by atoms with Gasteiger partial charge in [0, 0.05) is 0 Å². The Morgan fingerprint density at radius 3 is 2.38 bits per heavy atom. The summed E-state index contributed by atoms with van der Waals surface area (Å²) in [5, 5.41) is 8.65. The van der Waals surface area contributed by atoms with Crippen LogP contribution in [0.4, 0.5) is 4.39 Å². The van der Waals surface area contributed by atoms with Gasteiger partial charge in [0.15, 0.2) is 5.78 Å². The number of nitrogens with zero attached hydrogens (tertiary/aromatic N) is 1. The highest BCUT2D eigenvalue weighted by Crippen LogP contribution is 2.15. The van der Waals surface area contributed by atoms with Crippen molar-refractivity contribution >= 4 is 5.78 Å². The number of carbonyl (C=O) groups excluding carboxylic acids is 1. The smallest absolute Gasteiger partial charge is 0.151 e. The standard InChI is InChI=1S/C10H8FNO/c1-7(13)10(6-12)8-2-4-9(11)5-3-8/h2-5,10H,1H3/t10-/m1/s1. The average molecular weight is 177 g/mol. The van der Waals surface area contributed by atoms with Gasteiger partial charge in [-0.1, -0.05) is 12.1 Å². The summed E-state index contributed by atoms with van der Waals surface area (Å²) in [6.45, 7) is 1.34. The third-order valence-electron chi connectivity index (χ3n) is 1.74. The van der Waals surface area contributed by atoms with Crippen LogP contribution in [0.2, 0.25) is 0 Å². The largest absolute Gasteiger partial charge is 0.298 e. The van der Waals surface area contributed by atoms with Crippen molar-refractivity contribution in [1.82, 2.24) is 0 Å². The van der Waals surface area contributed by atoms with Crippen LogP contribution in [0.5, 0.6) is 0 Å². The van der Waals surface area contributed by atoms with E-state index in [9.17, 15) is 9.18 Å². The van der Waals surface area contributed by atoms with Crippen LogP contribution in [0.1, 0.15) is 18.4 Å². The fraction of sp³-hybridized carbons (Fsp3) is 0.200. The first kappa shape index (κ1) is 9.40. The molecule has 0 aromatic heterocycles. The predicted molar refractivity (Wildman–Crippen MR) is 45.4 cm³/mol. The maximum absolute atomic E-state index is 12.5. The lowest BCUT2D eigenvalue weighted by atomic mass is 9.97. The van der Waals surface area contributed by atoms with Crippen LogP contribution in [-0.2, 0) is 4.79 Å². The van der Waals surface area contributed by atoms with Crippen LogP contribution in [0.3, 0.4) is 0 Å². The van der Waals surface area contributed by atoms with E-state index in [0.717, 1.165) is 0 Å². The normalized spacial score (nSPS) is 11.8. The van der Waals surface area contributed by atoms with Crippen LogP contribution in [0, 0.1) is 17.1 Å². The third-order valence-corrected chi connectivity index (χ3v) is 1.74. The Hall–Kier alpha value is -1.69. The molecule has 1 atom stereocenters. The van der Waals surface area contributed by atoms with E-state index in [-0.39, 0.29) is 11.6 Å². The van der Waals surface area contributed by atoms with Gasteiger partial charge in [0.25, 0.3) is 0 Å². The molecule has 2 nitrogen and oxygen atoms in total. The number of hydrogen-bond acceptors (Lipinski definition) is 2. The fourth-order valence-electron chi connectivity index (χ4n) is 1.06. The van der Waals surface area contributed by atoms with Crippen molar-refractivity contribution < 1.29 is 9.18 Å². The van der Waals surface area contributed by atoms with E-state index in [1.165, 1.54) is 31.2 Å². The maximum atomic E-state index is 12.5.